The number of nitrogens with one attached hydrogen (secondary N) is 1. The highest BCUT2D eigenvalue weighted by atomic mass is 16.7. The SMILES string of the molecule is CC/C(=N/NC(=O)c1ccc2c(c1)OCO2)c1ccc(C)cc1. The van der Waals surface area contributed by atoms with E-state index in [-0.39, 0.29) is 12.7 Å². The van der Waals surface area contributed by atoms with Gasteiger partial charge in [-0.05, 0) is 37.1 Å². The van der Waals surface area contributed by atoms with E-state index >= 15 is 0 Å². The molecule has 1 heterocycles. The van der Waals surface area contributed by atoms with Gasteiger partial charge in [0.15, 0.2) is 11.5 Å². The lowest BCUT2D eigenvalue weighted by Crippen LogP contribution is -2.20. The Bertz CT molecular complexity index is 751. The van der Waals surface area contributed by atoms with Crippen molar-refractivity contribution in [3.05, 3.63) is 59.2 Å². The van der Waals surface area contributed by atoms with E-state index in [1.165, 1.54) is 5.56 Å². The average molecular weight is 310 g/mol. The summed E-state index contributed by atoms with van der Waals surface area (Å²) in [6, 6.07) is 13.1. The fourth-order valence-corrected chi connectivity index (χ4v) is 2.31. The number of hydrogen-bond donors (Lipinski definition) is 1. The Hall–Kier alpha value is -2.82. The van der Waals surface area contributed by atoms with Gasteiger partial charge in [-0.3, -0.25) is 4.79 Å². The van der Waals surface area contributed by atoms with Crippen LogP contribution in [0.25, 0.3) is 0 Å². The highest BCUT2D eigenvalue weighted by molar-refractivity contribution is 6.02. The second-order valence-electron chi connectivity index (χ2n) is 5.29. The first kappa shape index (κ1) is 15.1. The van der Waals surface area contributed by atoms with Gasteiger partial charge in [-0.2, -0.15) is 5.10 Å². The van der Waals surface area contributed by atoms with E-state index in [0.717, 1.165) is 17.7 Å². The number of carbonyl (C=O) groups excluding carboxylic acids is 1. The Morgan fingerprint density at radius 3 is 2.52 bits per heavy atom. The number of fused-ring (bicyclic) bond motifs is 1. The third-order valence-corrected chi connectivity index (χ3v) is 3.65. The van der Waals surface area contributed by atoms with E-state index in [1.807, 2.05) is 38.1 Å². The summed E-state index contributed by atoms with van der Waals surface area (Å²) in [6.45, 7) is 4.23. The van der Waals surface area contributed by atoms with Crippen LogP contribution in [-0.4, -0.2) is 18.4 Å². The van der Waals surface area contributed by atoms with Crippen LogP contribution in [0.5, 0.6) is 11.5 Å². The molecular weight excluding hydrogens is 292 g/mol. The van der Waals surface area contributed by atoms with Gasteiger partial charge in [-0.25, -0.2) is 5.43 Å². The second kappa shape index (κ2) is 6.52. The lowest BCUT2D eigenvalue weighted by Gasteiger charge is -2.06. The first-order valence-corrected chi connectivity index (χ1v) is 7.51. The van der Waals surface area contributed by atoms with Gasteiger partial charge in [-0.15, -0.1) is 0 Å². The molecule has 118 valence electrons. The topological polar surface area (TPSA) is 59.9 Å². The zero-order valence-electron chi connectivity index (χ0n) is 13.1. The van der Waals surface area contributed by atoms with E-state index in [1.54, 1.807) is 18.2 Å². The normalized spacial score (nSPS) is 13.0. The molecule has 23 heavy (non-hydrogen) atoms. The highest BCUT2D eigenvalue weighted by Gasteiger charge is 2.16. The van der Waals surface area contributed by atoms with Crippen LogP contribution in [0.2, 0.25) is 0 Å². The molecule has 0 spiro atoms. The molecule has 0 bridgehead atoms. The minimum absolute atomic E-state index is 0.186. The Morgan fingerprint density at radius 2 is 1.78 bits per heavy atom. The highest BCUT2D eigenvalue weighted by Crippen LogP contribution is 2.32. The molecule has 1 N–H and O–H groups in total. The summed E-state index contributed by atoms with van der Waals surface area (Å²) >= 11 is 0. The smallest absolute Gasteiger partial charge is 0.271 e. The second-order valence-corrected chi connectivity index (χ2v) is 5.29. The van der Waals surface area contributed by atoms with Gasteiger partial charge >= 0.3 is 0 Å². The van der Waals surface area contributed by atoms with Crippen molar-refractivity contribution in [3.63, 3.8) is 0 Å². The number of amides is 1. The summed E-state index contributed by atoms with van der Waals surface area (Å²) < 4.78 is 10.5. The number of hydrogen-bond acceptors (Lipinski definition) is 4. The zero-order chi connectivity index (χ0) is 16.2. The standard InChI is InChI=1S/C18H18N2O3/c1-3-15(13-6-4-12(2)5-7-13)19-20-18(21)14-8-9-16-17(10-14)23-11-22-16/h4-10H,3,11H2,1-2H3,(H,20,21)/b19-15-. The van der Waals surface area contributed by atoms with Gasteiger partial charge in [0.25, 0.3) is 5.91 Å². The summed E-state index contributed by atoms with van der Waals surface area (Å²) in [5.74, 6) is 0.955. The molecule has 0 aromatic heterocycles. The van der Waals surface area contributed by atoms with E-state index < -0.39 is 0 Å². The fraction of sp³-hybridized carbons (Fsp3) is 0.222. The maximum Gasteiger partial charge on any atom is 0.271 e. The Kier molecular flexibility index (Phi) is 4.28. The molecule has 5 nitrogen and oxygen atoms in total. The minimum Gasteiger partial charge on any atom is -0.454 e. The molecule has 1 aliphatic rings. The van der Waals surface area contributed by atoms with E-state index in [4.69, 9.17) is 9.47 Å². The monoisotopic (exact) mass is 310 g/mol. The lowest BCUT2D eigenvalue weighted by molar-refractivity contribution is 0.0954. The molecule has 0 fully saturated rings. The molecule has 0 atom stereocenters. The maximum atomic E-state index is 12.2. The fourth-order valence-electron chi connectivity index (χ4n) is 2.31. The number of aryl methyl sites for hydroxylation is 1. The van der Waals surface area contributed by atoms with E-state index in [9.17, 15) is 4.79 Å². The van der Waals surface area contributed by atoms with Gasteiger partial charge in [0.05, 0.1) is 5.71 Å². The number of hydrazone groups is 1. The van der Waals surface area contributed by atoms with Crippen molar-refractivity contribution in [2.75, 3.05) is 6.79 Å². The predicted octanol–water partition coefficient (Wildman–Crippen LogP) is 3.27. The van der Waals surface area contributed by atoms with Crippen LogP contribution in [0.15, 0.2) is 47.6 Å². The number of ether oxygens (including phenoxy) is 2. The van der Waals surface area contributed by atoms with Crippen molar-refractivity contribution in [1.29, 1.82) is 0 Å². The van der Waals surface area contributed by atoms with Crippen LogP contribution >= 0.6 is 0 Å². The van der Waals surface area contributed by atoms with Crippen molar-refractivity contribution in [3.8, 4) is 11.5 Å². The van der Waals surface area contributed by atoms with Gasteiger partial charge in [-0.1, -0.05) is 36.8 Å². The Labute approximate surface area is 134 Å². The van der Waals surface area contributed by atoms with Crippen LogP contribution in [0, 0.1) is 6.92 Å². The van der Waals surface area contributed by atoms with Crippen LogP contribution in [0.3, 0.4) is 0 Å². The molecule has 0 saturated heterocycles. The van der Waals surface area contributed by atoms with Gasteiger partial charge in [0.1, 0.15) is 0 Å². The molecule has 1 amide bonds. The molecule has 3 rings (SSSR count). The molecule has 2 aromatic carbocycles. The minimum atomic E-state index is -0.277. The predicted molar refractivity (Wildman–Crippen MR) is 88.0 cm³/mol. The molecule has 0 aliphatic carbocycles. The number of rotatable bonds is 4. The summed E-state index contributed by atoms with van der Waals surface area (Å²) in [7, 11) is 0. The maximum absolute atomic E-state index is 12.2. The van der Waals surface area contributed by atoms with Crippen LogP contribution in [0.4, 0.5) is 0 Å². The lowest BCUT2D eigenvalue weighted by atomic mass is 10.1. The number of nitrogens with zero attached hydrogens (tertiary/aromatic N) is 1. The van der Waals surface area contributed by atoms with Gasteiger partial charge in [0.2, 0.25) is 6.79 Å². The molecule has 5 heteroatoms. The van der Waals surface area contributed by atoms with Crippen molar-refractivity contribution in [2.24, 2.45) is 5.10 Å². The number of carbonyl (C=O) groups is 1. The van der Waals surface area contributed by atoms with Crippen LogP contribution in [-0.2, 0) is 0 Å². The molecule has 0 radical (unpaired) electrons. The Morgan fingerprint density at radius 1 is 1.09 bits per heavy atom. The van der Waals surface area contributed by atoms with E-state index in [2.05, 4.69) is 10.5 Å². The summed E-state index contributed by atoms with van der Waals surface area (Å²) in [5, 5.41) is 4.26. The zero-order valence-corrected chi connectivity index (χ0v) is 13.1. The van der Waals surface area contributed by atoms with Crippen LogP contribution in [0.1, 0.15) is 34.8 Å². The molecule has 1 aliphatic heterocycles. The first-order valence-electron chi connectivity index (χ1n) is 7.51. The van der Waals surface area contributed by atoms with E-state index in [0.29, 0.717) is 17.1 Å². The molecule has 0 saturated carbocycles. The van der Waals surface area contributed by atoms with Crippen LogP contribution < -0.4 is 14.9 Å². The summed E-state index contributed by atoms with van der Waals surface area (Å²) in [5.41, 5.74) is 6.12. The van der Waals surface area contributed by atoms with Crippen molar-refractivity contribution in [2.45, 2.75) is 20.3 Å². The Balaban J connectivity index is 1.75. The largest absolute Gasteiger partial charge is 0.454 e. The van der Waals surface area contributed by atoms with Crippen molar-refractivity contribution < 1.29 is 14.3 Å². The third kappa shape index (κ3) is 3.34. The summed E-state index contributed by atoms with van der Waals surface area (Å²) in [4.78, 5) is 12.2. The first-order chi connectivity index (χ1) is 11.2. The third-order valence-electron chi connectivity index (χ3n) is 3.65. The quantitative estimate of drug-likeness (QED) is 0.696. The summed E-state index contributed by atoms with van der Waals surface area (Å²) in [6.07, 6.45) is 0.727. The van der Waals surface area contributed by atoms with Gasteiger partial charge in [0, 0.05) is 5.56 Å². The average Bonchev–Trinajstić information content (AvgIpc) is 3.04. The molecular formula is C18H18N2O3. The molecule has 2 aromatic rings. The van der Waals surface area contributed by atoms with Crippen molar-refractivity contribution in [1.82, 2.24) is 5.43 Å². The molecule has 0 unspecified atom stereocenters. The van der Waals surface area contributed by atoms with Crippen molar-refractivity contribution >= 4 is 11.6 Å². The number of benzene rings is 2. The van der Waals surface area contributed by atoms with Gasteiger partial charge < -0.3 is 9.47 Å².